The van der Waals surface area contributed by atoms with Crippen LogP contribution in [0, 0.1) is 5.92 Å². The van der Waals surface area contributed by atoms with Gasteiger partial charge in [0.05, 0.1) is 0 Å². The average molecular weight is 363 g/mol. The number of carbonyl (C=O) groups excluding carboxylic acids is 3. The van der Waals surface area contributed by atoms with Crippen LogP contribution in [0.15, 0.2) is 12.2 Å². The Morgan fingerprint density at radius 3 is 2.12 bits per heavy atom. The van der Waals surface area contributed by atoms with Crippen molar-refractivity contribution in [2.75, 3.05) is 13.6 Å². The summed E-state index contributed by atoms with van der Waals surface area (Å²) in [5.41, 5.74) is 0. The van der Waals surface area contributed by atoms with E-state index in [1.807, 2.05) is 13.8 Å². The van der Waals surface area contributed by atoms with Gasteiger partial charge in [-0.3, -0.25) is 18.9 Å². The summed E-state index contributed by atoms with van der Waals surface area (Å²) >= 11 is 0. The number of unbranched alkanes of at least 4 members (excludes halogenated alkanes) is 1. The van der Waals surface area contributed by atoms with Gasteiger partial charge in [-0.1, -0.05) is 27.7 Å². The van der Waals surface area contributed by atoms with E-state index in [1.54, 1.807) is 20.9 Å². The van der Waals surface area contributed by atoms with Crippen molar-refractivity contribution in [2.24, 2.45) is 5.92 Å². The van der Waals surface area contributed by atoms with Gasteiger partial charge in [-0.05, 0) is 25.3 Å². The highest BCUT2D eigenvalue weighted by Gasteiger charge is 2.31. The van der Waals surface area contributed by atoms with E-state index in [4.69, 9.17) is 4.55 Å². The van der Waals surface area contributed by atoms with Gasteiger partial charge < -0.3 is 4.90 Å². The number of likely N-dealkylation sites (N-methyl/N-ethyl adjacent to an activating group) is 1. The maximum atomic E-state index is 11.8. The van der Waals surface area contributed by atoms with E-state index in [9.17, 15) is 22.8 Å². The average Bonchev–Trinajstić information content (AvgIpc) is 2.52. The minimum absolute atomic E-state index is 0.0159. The largest absolute Gasteiger partial charge is 0.342 e. The molecule has 1 amide bonds. The zero-order valence-electron chi connectivity index (χ0n) is 15.1. The first-order valence-electron chi connectivity index (χ1n) is 7.98. The summed E-state index contributed by atoms with van der Waals surface area (Å²) in [6, 6.07) is 0. The first-order valence-corrected chi connectivity index (χ1v) is 9.48. The Labute approximate surface area is 144 Å². The van der Waals surface area contributed by atoms with Crippen molar-refractivity contribution in [3.05, 3.63) is 12.2 Å². The second-order valence-electron chi connectivity index (χ2n) is 5.31. The molecule has 0 saturated carbocycles. The molecule has 0 bridgehead atoms. The van der Waals surface area contributed by atoms with Crippen molar-refractivity contribution in [2.45, 2.75) is 52.2 Å². The highest BCUT2D eigenvalue weighted by Crippen LogP contribution is 2.15. The number of allylic oxidation sites excluding steroid dienone is 1. The Bertz CT molecular complexity index is 525. The molecule has 0 rings (SSSR count). The van der Waals surface area contributed by atoms with Crippen LogP contribution < -0.4 is 0 Å². The van der Waals surface area contributed by atoms with E-state index in [2.05, 4.69) is 0 Å². The van der Waals surface area contributed by atoms with Crippen LogP contribution in [0.4, 0.5) is 0 Å². The summed E-state index contributed by atoms with van der Waals surface area (Å²) in [6.07, 6.45) is 3.60. The molecular weight excluding hydrogens is 334 g/mol. The number of amides is 1. The van der Waals surface area contributed by atoms with Crippen LogP contribution in [-0.2, 0) is 24.5 Å². The van der Waals surface area contributed by atoms with Gasteiger partial charge >= 0.3 is 0 Å². The van der Waals surface area contributed by atoms with E-state index >= 15 is 0 Å². The molecule has 24 heavy (non-hydrogen) atoms. The van der Waals surface area contributed by atoms with Gasteiger partial charge in [0.2, 0.25) is 5.91 Å². The van der Waals surface area contributed by atoms with Gasteiger partial charge in [0.15, 0.2) is 5.78 Å². The van der Waals surface area contributed by atoms with Crippen molar-refractivity contribution in [3.8, 4) is 0 Å². The second-order valence-corrected chi connectivity index (χ2v) is 6.91. The normalized spacial score (nSPS) is 12.5. The third-order valence-electron chi connectivity index (χ3n) is 3.15. The van der Waals surface area contributed by atoms with Crippen LogP contribution in [0.25, 0.3) is 0 Å². The maximum Gasteiger partial charge on any atom is 0.274 e. The molecule has 0 heterocycles. The third-order valence-corrected chi connectivity index (χ3v) is 4.34. The van der Waals surface area contributed by atoms with Crippen LogP contribution in [0.5, 0.6) is 0 Å². The van der Waals surface area contributed by atoms with Crippen molar-refractivity contribution >= 4 is 28.1 Å². The van der Waals surface area contributed by atoms with Gasteiger partial charge in [0.1, 0.15) is 11.5 Å². The van der Waals surface area contributed by atoms with Gasteiger partial charge in [-0.15, -0.1) is 0 Å². The van der Waals surface area contributed by atoms with Crippen LogP contribution in [0.1, 0.15) is 47.0 Å². The lowest BCUT2D eigenvalue weighted by molar-refractivity contribution is -0.125. The Balaban J connectivity index is 0. The first-order chi connectivity index (χ1) is 11.1. The Morgan fingerprint density at radius 1 is 1.17 bits per heavy atom. The van der Waals surface area contributed by atoms with Crippen LogP contribution in [0.2, 0.25) is 0 Å². The van der Waals surface area contributed by atoms with Crippen molar-refractivity contribution in [3.63, 3.8) is 0 Å². The predicted octanol–water partition coefficient (Wildman–Crippen LogP) is 1.88. The van der Waals surface area contributed by atoms with E-state index in [0.717, 1.165) is 12.2 Å². The topological polar surface area (TPSA) is 109 Å². The number of ketones is 1. The number of hydrogen-bond donors (Lipinski definition) is 1. The van der Waals surface area contributed by atoms with Crippen LogP contribution in [0.3, 0.4) is 0 Å². The standard InChI is InChI=1S/C14H23NO6S.C2H6/c1-11(2)14(18)12(22(19,20)21)7-4-5-9-15(3)13(17)8-6-10-16;1-2/h6,8,10-12H,4-5,7,9H2,1-3H3,(H,19,20,21);1-2H3/b8-6-;. The van der Waals surface area contributed by atoms with Gasteiger partial charge in [-0.2, -0.15) is 8.42 Å². The molecule has 140 valence electrons. The molecule has 0 aliphatic heterocycles. The van der Waals surface area contributed by atoms with Crippen molar-refractivity contribution in [1.29, 1.82) is 0 Å². The quantitative estimate of drug-likeness (QED) is 0.275. The molecule has 0 radical (unpaired) electrons. The summed E-state index contributed by atoms with van der Waals surface area (Å²) in [5, 5.41) is -1.41. The first kappa shape index (κ1) is 24.7. The second kappa shape index (κ2) is 12.8. The highest BCUT2D eigenvalue weighted by molar-refractivity contribution is 7.87. The van der Waals surface area contributed by atoms with Gasteiger partial charge in [0, 0.05) is 25.6 Å². The minimum atomic E-state index is -4.42. The molecule has 1 N–H and O–H groups in total. The molecule has 1 unspecified atom stereocenters. The lowest BCUT2D eigenvalue weighted by Crippen LogP contribution is -2.33. The molecule has 0 spiro atoms. The molecule has 7 nitrogen and oxygen atoms in total. The number of nitrogens with zero attached hydrogens (tertiary/aromatic N) is 1. The summed E-state index contributed by atoms with van der Waals surface area (Å²) in [6.45, 7) is 7.51. The van der Waals surface area contributed by atoms with E-state index in [0.29, 0.717) is 25.7 Å². The maximum absolute atomic E-state index is 11.8. The fraction of sp³-hybridized carbons (Fsp3) is 0.688. The van der Waals surface area contributed by atoms with Crippen LogP contribution >= 0.6 is 0 Å². The fourth-order valence-electron chi connectivity index (χ4n) is 1.85. The summed E-state index contributed by atoms with van der Waals surface area (Å²) in [7, 11) is -2.87. The number of carbonyl (C=O) groups is 3. The fourth-order valence-corrected chi connectivity index (χ4v) is 2.88. The Hall–Kier alpha value is -1.54. The summed E-state index contributed by atoms with van der Waals surface area (Å²) < 4.78 is 31.7. The Morgan fingerprint density at radius 2 is 1.71 bits per heavy atom. The van der Waals surface area contributed by atoms with E-state index < -0.39 is 27.1 Å². The minimum Gasteiger partial charge on any atom is -0.342 e. The molecule has 0 aromatic rings. The molecule has 8 heteroatoms. The van der Waals surface area contributed by atoms with Crippen molar-refractivity contribution in [1.82, 2.24) is 4.90 Å². The lowest BCUT2D eigenvalue weighted by atomic mass is 10.0. The van der Waals surface area contributed by atoms with Gasteiger partial charge in [-0.25, -0.2) is 0 Å². The summed E-state index contributed by atoms with van der Waals surface area (Å²) in [4.78, 5) is 34.8. The number of aldehydes is 1. The van der Waals surface area contributed by atoms with E-state index in [1.165, 1.54) is 4.90 Å². The van der Waals surface area contributed by atoms with Gasteiger partial charge in [0.25, 0.3) is 10.1 Å². The summed E-state index contributed by atoms with van der Waals surface area (Å²) in [5.74, 6) is -1.33. The predicted molar refractivity (Wildman–Crippen MR) is 93.2 cm³/mol. The monoisotopic (exact) mass is 363 g/mol. The number of rotatable bonds is 10. The SMILES string of the molecule is CC.CC(C)C(=O)C(CCCCN(C)C(=O)/C=C\C=O)S(=O)(=O)O. The molecule has 0 aliphatic carbocycles. The molecule has 0 fully saturated rings. The Kier molecular flexibility index (Phi) is 13.2. The van der Waals surface area contributed by atoms with Crippen LogP contribution in [-0.4, -0.2) is 54.7 Å². The molecule has 0 aliphatic rings. The highest BCUT2D eigenvalue weighted by atomic mass is 32.2. The lowest BCUT2D eigenvalue weighted by Gasteiger charge is -2.17. The zero-order valence-corrected chi connectivity index (χ0v) is 15.9. The molecule has 0 saturated heterocycles. The number of Topliss-reactive ketones (excluding diaryl/α,β-unsaturated/α-hetero) is 1. The zero-order chi connectivity index (χ0) is 19.3. The molecule has 0 aromatic carbocycles. The molecule has 0 aromatic heterocycles. The molecule has 1 atom stereocenters. The molecular formula is C16H29NO6S. The van der Waals surface area contributed by atoms with Crippen molar-refractivity contribution < 1.29 is 27.4 Å². The van der Waals surface area contributed by atoms with E-state index in [-0.39, 0.29) is 12.3 Å². The third kappa shape index (κ3) is 10.3. The number of hydrogen-bond acceptors (Lipinski definition) is 5. The smallest absolute Gasteiger partial charge is 0.274 e.